The molecule has 0 aliphatic heterocycles. The quantitative estimate of drug-likeness (QED) is 0.198. The van der Waals surface area contributed by atoms with Crippen molar-refractivity contribution < 1.29 is 0 Å². The van der Waals surface area contributed by atoms with E-state index >= 15 is 0 Å². The summed E-state index contributed by atoms with van der Waals surface area (Å²) in [6.45, 7) is 7.07. The van der Waals surface area contributed by atoms with Gasteiger partial charge in [0.05, 0.1) is 30.5 Å². The number of hydrogen-bond acceptors (Lipinski definition) is 4. The predicted octanol–water partition coefficient (Wildman–Crippen LogP) is 4.23. The molecular formula is C25H31IN8. The summed E-state index contributed by atoms with van der Waals surface area (Å²) >= 11 is 0. The highest BCUT2D eigenvalue weighted by molar-refractivity contribution is 14.0. The van der Waals surface area contributed by atoms with E-state index < -0.39 is 0 Å². The molecule has 0 aliphatic carbocycles. The third kappa shape index (κ3) is 6.22. The van der Waals surface area contributed by atoms with Crippen LogP contribution in [0.1, 0.15) is 41.4 Å². The smallest absolute Gasteiger partial charge is 0.192 e. The Balaban J connectivity index is 0.00000324. The van der Waals surface area contributed by atoms with Gasteiger partial charge in [0, 0.05) is 13.2 Å². The zero-order valence-corrected chi connectivity index (χ0v) is 22.3. The summed E-state index contributed by atoms with van der Waals surface area (Å²) in [7, 11) is 1.96. The van der Waals surface area contributed by atoms with Gasteiger partial charge in [-0.3, -0.25) is 0 Å². The minimum atomic E-state index is 0. The molecule has 178 valence electrons. The van der Waals surface area contributed by atoms with Crippen LogP contribution in [0.15, 0.2) is 71.9 Å². The monoisotopic (exact) mass is 570 g/mol. The Morgan fingerprint density at radius 1 is 1.00 bits per heavy atom. The molecule has 0 amide bonds. The van der Waals surface area contributed by atoms with Gasteiger partial charge in [0.15, 0.2) is 11.8 Å². The molecule has 4 rings (SSSR count). The number of guanidine groups is 1. The molecule has 0 fully saturated rings. The number of nitrogens with zero attached hydrogens (tertiary/aromatic N) is 6. The van der Waals surface area contributed by atoms with E-state index in [1.165, 1.54) is 5.56 Å². The zero-order valence-electron chi connectivity index (χ0n) is 19.9. The lowest BCUT2D eigenvalue weighted by Crippen LogP contribution is -2.39. The van der Waals surface area contributed by atoms with Crippen molar-refractivity contribution in [1.82, 2.24) is 35.2 Å². The molecule has 1 atom stereocenters. The van der Waals surface area contributed by atoms with Gasteiger partial charge in [-0.05, 0) is 44.0 Å². The lowest BCUT2D eigenvalue weighted by atomic mass is 10.1. The van der Waals surface area contributed by atoms with Gasteiger partial charge in [-0.2, -0.15) is 5.10 Å². The Kier molecular flexibility index (Phi) is 8.80. The van der Waals surface area contributed by atoms with Gasteiger partial charge in [-0.15, -0.1) is 34.2 Å². The van der Waals surface area contributed by atoms with Crippen LogP contribution in [-0.4, -0.2) is 30.5 Å². The van der Waals surface area contributed by atoms with Crippen LogP contribution in [0.2, 0.25) is 0 Å². The van der Waals surface area contributed by atoms with E-state index in [1.807, 2.05) is 72.7 Å². The second kappa shape index (κ2) is 11.8. The molecule has 0 saturated heterocycles. The van der Waals surface area contributed by atoms with Crippen molar-refractivity contribution in [2.24, 2.45) is 12.0 Å². The van der Waals surface area contributed by atoms with Gasteiger partial charge in [0.2, 0.25) is 0 Å². The lowest BCUT2D eigenvalue weighted by Gasteiger charge is -2.19. The topological polar surface area (TPSA) is 85.0 Å². The summed E-state index contributed by atoms with van der Waals surface area (Å²) in [4.78, 5) is 4.90. The normalized spacial score (nSPS) is 12.2. The van der Waals surface area contributed by atoms with E-state index in [-0.39, 0.29) is 30.0 Å². The minimum absolute atomic E-state index is 0. The number of rotatable bonds is 7. The number of aliphatic imine (C=N–C) groups is 1. The maximum atomic E-state index is 4.90. The van der Waals surface area contributed by atoms with Crippen molar-refractivity contribution in [2.45, 2.75) is 39.9 Å². The summed E-state index contributed by atoms with van der Waals surface area (Å²) in [5, 5.41) is 19.9. The van der Waals surface area contributed by atoms with Crippen LogP contribution < -0.4 is 10.6 Å². The van der Waals surface area contributed by atoms with Crippen molar-refractivity contribution in [3.05, 3.63) is 95.3 Å². The highest BCUT2D eigenvalue weighted by Crippen LogP contribution is 2.16. The zero-order chi connectivity index (χ0) is 23.2. The highest BCUT2D eigenvalue weighted by atomic mass is 127. The largest absolute Gasteiger partial charge is 0.350 e. The van der Waals surface area contributed by atoms with E-state index in [1.54, 1.807) is 0 Å². The fraction of sp³-hybridized carbons (Fsp3) is 0.280. The first-order valence-corrected chi connectivity index (χ1v) is 11.1. The molecule has 0 saturated carbocycles. The van der Waals surface area contributed by atoms with Crippen LogP contribution in [0.25, 0.3) is 5.69 Å². The van der Waals surface area contributed by atoms with E-state index in [0.717, 1.165) is 28.6 Å². The maximum Gasteiger partial charge on any atom is 0.192 e. The SMILES string of the molecule is Cc1ccn(-c2ccccc2CN=C(NCc2nnc(C)n2C)NC(C)c2ccccc2)n1.I. The molecule has 2 heterocycles. The summed E-state index contributed by atoms with van der Waals surface area (Å²) < 4.78 is 3.87. The molecule has 2 aromatic heterocycles. The van der Waals surface area contributed by atoms with E-state index in [2.05, 4.69) is 57.1 Å². The first kappa shape index (κ1) is 25.4. The number of nitrogens with one attached hydrogen (secondary N) is 2. The Hall–Kier alpha value is -3.21. The molecule has 0 radical (unpaired) electrons. The van der Waals surface area contributed by atoms with Gasteiger partial charge in [0.1, 0.15) is 5.82 Å². The number of benzene rings is 2. The third-order valence-corrected chi connectivity index (χ3v) is 5.62. The number of para-hydroxylation sites is 1. The average Bonchev–Trinajstić information content (AvgIpc) is 3.41. The molecule has 0 spiro atoms. The molecule has 2 N–H and O–H groups in total. The van der Waals surface area contributed by atoms with Crippen LogP contribution in [0.4, 0.5) is 0 Å². The van der Waals surface area contributed by atoms with E-state index in [9.17, 15) is 0 Å². The van der Waals surface area contributed by atoms with Gasteiger partial charge >= 0.3 is 0 Å². The predicted molar refractivity (Wildman–Crippen MR) is 145 cm³/mol. The van der Waals surface area contributed by atoms with Crippen molar-refractivity contribution in [3.8, 4) is 5.69 Å². The molecule has 1 unspecified atom stereocenters. The Morgan fingerprint density at radius 2 is 1.74 bits per heavy atom. The number of aromatic nitrogens is 5. The van der Waals surface area contributed by atoms with Gasteiger partial charge in [0.25, 0.3) is 0 Å². The van der Waals surface area contributed by atoms with Crippen molar-refractivity contribution >= 4 is 29.9 Å². The minimum Gasteiger partial charge on any atom is -0.350 e. The van der Waals surface area contributed by atoms with Crippen LogP contribution >= 0.6 is 24.0 Å². The first-order chi connectivity index (χ1) is 16.0. The number of halogens is 1. The molecule has 8 nitrogen and oxygen atoms in total. The number of aryl methyl sites for hydroxylation is 2. The van der Waals surface area contributed by atoms with Gasteiger partial charge in [-0.1, -0.05) is 48.5 Å². The summed E-state index contributed by atoms with van der Waals surface area (Å²) in [6.07, 6.45) is 1.98. The lowest BCUT2D eigenvalue weighted by molar-refractivity contribution is 0.663. The molecule has 4 aromatic rings. The second-order valence-electron chi connectivity index (χ2n) is 8.05. The van der Waals surface area contributed by atoms with Gasteiger partial charge in [-0.25, -0.2) is 9.67 Å². The van der Waals surface area contributed by atoms with Crippen LogP contribution in [0.3, 0.4) is 0 Å². The van der Waals surface area contributed by atoms with Crippen molar-refractivity contribution in [2.75, 3.05) is 0 Å². The van der Waals surface area contributed by atoms with Crippen molar-refractivity contribution in [3.63, 3.8) is 0 Å². The van der Waals surface area contributed by atoms with Crippen LogP contribution in [-0.2, 0) is 20.1 Å². The highest BCUT2D eigenvalue weighted by Gasteiger charge is 2.11. The fourth-order valence-electron chi connectivity index (χ4n) is 3.53. The summed E-state index contributed by atoms with van der Waals surface area (Å²) in [6, 6.07) is 20.6. The molecule has 9 heteroatoms. The van der Waals surface area contributed by atoms with Crippen LogP contribution in [0, 0.1) is 13.8 Å². The standard InChI is InChI=1S/C25H30N8.HI/c1-18-14-15-33(31-18)23-13-9-8-12-22(23)16-26-25(27-17-24-30-29-20(3)32(24)4)28-19(2)21-10-6-5-7-11-21;/h5-15,19H,16-17H2,1-4H3,(H2,26,27,28);1H. The molecular weight excluding hydrogens is 539 g/mol. The fourth-order valence-corrected chi connectivity index (χ4v) is 3.53. The second-order valence-corrected chi connectivity index (χ2v) is 8.05. The van der Waals surface area contributed by atoms with Crippen LogP contribution in [0.5, 0.6) is 0 Å². The Morgan fingerprint density at radius 3 is 2.41 bits per heavy atom. The summed E-state index contributed by atoms with van der Waals surface area (Å²) in [5.41, 5.74) is 4.28. The number of hydrogen-bond donors (Lipinski definition) is 2. The third-order valence-electron chi connectivity index (χ3n) is 5.62. The molecule has 0 bridgehead atoms. The average molecular weight is 570 g/mol. The maximum absolute atomic E-state index is 4.90. The molecule has 2 aromatic carbocycles. The Bertz CT molecular complexity index is 1230. The van der Waals surface area contributed by atoms with E-state index in [4.69, 9.17) is 4.99 Å². The molecule has 34 heavy (non-hydrogen) atoms. The van der Waals surface area contributed by atoms with Crippen molar-refractivity contribution in [1.29, 1.82) is 0 Å². The Labute approximate surface area is 217 Å². The van der Waals surface area contributed by atoms with E-state index in [0.29, 0.717) is 19.0 Å². The van der Waals surface area contributed by atoms with Gasteiger partial charge < -0.3 is 15.2 Å². The first-order valence-electron chi connectivity index (χ1n) is 11.1. The summed E-state index contributed by atoms with van der Waals surface area (Å²) in [5.74, 6) is 2.43. The molecule has 0 aliphatic rings.